The number of carbonyl (C=O) groups is 3. The number of esters is 3. The van der Waals surface area contributed by atoms with Crippen molar-refractivity contribution in [3.8, 4) is 0 Å². The molecule has 6 nitrogen and oxygen atoms in total. The second kappa shape index (κ2) is 70.9. The Balaban J connectivity index is 4.24. The van der Waals surface area contributed by atoms with Gasteiger partial charge in [-0.05, 0) is 83.5 Å². The predicted octanol–water partition coefficient (Wildman–Crippen LogP) is 25.3. The molecule has 0 radical (unpaired) electrons. The highest BCUT2D eigenvalue weighted by Crippen LogP contribution is 2.19. The Labute approximate surface area is 511 Å². The van der Waals surface area contributed by atoms with Crippen LogP contribution in [0.1, 0.15) is 400 Å². The van der Waals surface area contributed by atoms with E-state index in [0.29, 0.717) is 19.3 Å². The zero-order valence-electron chi connectivity index (χ0n) is 55.3. The van der Waals surface area contributed by atoms with Crippen molar-refractivity contribution in [3.05, 3.63) is 48.6 Å². The van der Waals surface area contributed by atoms with Crippen molar-refractivity contribution in [2.75, 3.05) is 13.2 Å². The van der Waals surface area contributed by atoms with Crippen molar-refractivity contribution in [1.82, 2.24) is 0 Å². The number of allylic oxidation sites excluding steroid dienone is 8. The van der Waals surface area contributed by atoms with Gasteiger partial charge in [0.25, 0.3) is 0 Å². The molecule has 0 aliphatic heterocycles. The Hall–Kier alpha value is -2.63. The van der Waals surface area contributed by atoms with Crippen LogP contribution in [0.3, 0.4) is 0 Å². The maximum Gasteiger partial charge on any atom is 0.306 e. The van der Waals surface area contributed by atoms with E-state index in [0.717, 1.165) is 83.5 Å². The molecule has 0 rings (SSSR count). The van der Waals surface area contributed by atoms with Crippen molar-refractivity contribution in [3.63, 3.8) is 0 Å². The van der Waals surface area contributed by atoms with Crippen LogP contribution in [0.5, 0.6) is 0 Å². The molecule has 6 heteroatoms. The molecule has 0 aromatic heterocycles. The minimum Gasteiger partial charge on any atom is -0.462 e. The van der Waals surface area contributed by atoms with Gasteiger partial charge in [0.1, 0.15) is 13.2 Å². The highest BCUT2D eigenvalue weighted by atomic mass is 16.6. The van der Waals surface area contributed by atoms with Crippen molar-refractivity contribution in [2.45, 2.75) is 406 Å². The fraction of sp³-hybridized carbons (Fsp3) is 0.855. The average Bonchev–Trinajstić information content (AvgIpc) is 3.47. The first kappa shape index (κ1) is 79.4. The maximum atomic E-state index is 13.0. The van der Waals surface area contributed by atoms with E-state index in [1.807, 2.05) is 0 Å². The molecule has 0 aromatic carbocycles. The Morgan fingerprint density at radius 1 is 0.244 bits per heavy atom. The Morgan fingerprint density at radius 2 is 0.439 bits per heavy atom. The minimum absolute atomic E-state index is 0.0750. The summed E-state index contributed by atoms with van der Waals surface area (Å²) >= 11 is 0. The lowest BCUT2D eigenvalue weighted by Crippen LogP contribution is -2.30. The van der Waals surface area contributed by atoms with Crippen LogP contribution >= 0.6 is 0 Å². The van der Waals surface area contributed by atoms with Gasteiger partial charge >= 0.3 is 17.9 Å². The lowest BCUT2D eigenvalue weighted by molar-refractivity contribution is -0.167. The molecule has 1 atom stereocenters. The van der Waals surface area contributed by atoms with Gasteiger partial charge in [0.15, 0.2) is 6.10 Å². The third-order valence-corrected chi connectivity index (χ3v) is 16.6. The van der Waals surface area contributed by atoms with Crippen molar-refractivity contribution in [2.24, 2.45) is 0 Å². The SMILES string of the molecule is CCCCC/C=C\C/C=C\CCCCCCCCCC(=O)OCC(COC(=O)CCCCCCCCCCCCCCCCCCCCCCCCCCCCCCC)OC(=O)CCCCCCCCC/C=C\C/C=C\CCCCCC. The molecule has 0 bridgehead atoms. The number of carbonyl (C=O) groups excluding carboxylic acids is 3. The normalized spacial score (nSPS) is 12.3. The van der Waals surface area contributed by atoms with Crippen LogP contribution in [-0.4, -0.2) is 37.2 Å². The van der Waals surface area contributed by atoms with E-state index < -0.39 is 6.10 Å². The van der Waals surface area contributed by atoms with E-state index in [9.17, 15) is 14.4 Å². The van der Waals surface area contributed by atoms with E-state index in [-0.39, 0.29) is 31.1 Å². The molecule has 0 N–H and O–H groups in total. The zero-order valence-corrected chi connectivity index (χ0v) is 55.3. The molecule has 1 unspecified atom stereocenters. The molecule has 0 aliphatic carbocycles. The molecule has 0 fully saturated rings. The van der Waals surface area contributed by atoms with Crippen LogP contribution in [-0.2, 0) is 28.6 Å². The summed E-state index contributed by atoms with van der Waals surface area (Å²) in [5.74, 6) is -0.864. The van der Waals surface area contributed by atoms with E-state index >= 15 is 0 Å². The quantitative estimate of drug-likeness (QED) is 0.0261. The maximum absolute atomic E-state index is 13.0. The standard InChI is InChI=1S/C76H140O6/c1-4-7-10-13-16-19-22-25-28-31-33-34-35-36-37-38-39-40-41-42-43-46-48-51-54-57-60-63-66-69-75(78)81-72-73(71-80-74(77)68-65-62-59-56-53-50-47-44-30-27-24-21-18-15-12-9-6-3)82-76(79)70-67-64-61-58-55-52-49-45-32-29-26-23-20-17-14-11-8-5-2/h18,20-21,23,27,29-30,32,73H,4-17,19,22,24-26,28,31,33-72H2,1-3H3/b21-18-,23-20-,30-27-,32-29-. The smallest absolute Gasteiger partial charge is 0.306 e. The number of hydrogen-bond acceptors (Lipinski definition) is 6. The third-order valence-electron chi connectivity index (χ3n) is 16.6. The van der Waals surface area contributed by atoms with Gasteiger partial charge in [-0.2, -0.15) is 0 Å². The van der Waals surface area contributed by atoms with E-state index in [4.69, 9.17) is 14.2 Å². The van der Waals surface area contributed by atoms with Crippen molar-refractivity contribution in [1.29, 1.82) is 0 Å². The molecular formula is C76H140O6. The molecule has 0 amide bonds. The van der Waals surface area contributed by atoms with Gasteiger partial charge in [0.05, 0.1) is 0 Å². The minimum atomic E-state index is -0.781. The van der Waals surface area contributed by atoms with Crippen LogP contribution in [0.4, 0.5) is 0 Å². The number of rotatable bonds is 68. The van der Waals surface area contributed by atoms with Gasteiger partial charge in [-0.15, -0.1) is 0 Å². The third kappa shape index (κ3) is 68.2. The predicted molar refractivity (Wildman–Crippen MR) is 358 cm³/mol. The van der Waals surface area contributed by atoms with Gasteiger partial charge in [0, 0.05) is 19.3 Å². The molecule has 0 spiro atoms. The Morgan fingerprint density at radius 3 is 0.707 bits per heavy atom. The van der Waals surface area contributed by atoms with Crippen LogP contribution in [0.2, 0.25) is 0 Å². The first-order valence-electron chi connectivity index (χ1n) is 36.6. The van der Waals surface area contributed by atoms with Gasteiger partial charge < -0.3 is 14.2 Å². The van der Waals surface area contributed by atoms with Gasteiger partial charge in [-0.3, -0.25) is 14.4 Å². The molecule has 0 aliphatic rings. The van der Waals surface area contributed by atoms with Crippen LogP contribution < -0.4 is 0 Å². The molecule has 0 aromatic rings. The van der Waals surface area contributed by atoms with Crippen LogP contribution in [0.25, 0.3) is 0 Å². The summed E-state index contributed by atoms with van der Waals surface area (Å²) in [5, 5.41) is 0. The number of hydrogen-bond donors (Lipinski definition) is 0. The molecule has 480 valence electrons. The Bertz CT molecular complexity index is 1410. The fourth-order valence-corrected chi connectivity index (χ4v) is 11.0. The second-order valence-electron chi connectivity index (χ2n) is 24.9. The lowest BCUT2D eigenvalue weighted by atomic mass is 10.0. The van der Waals surface area contributed by atoms with Crippen molar-refractivity contribution >= 4 is 17.9 Å². The molecule has 0 saturated carbocycles. The lowest BCUT2D eigenvalue weighted by Gasteiger charge is -2.18. The Kier molecular flexibility index (Phi) is 68.6. The first-order valence-corrected chi connectivity index (χ1v) is 36.6. The monoisotopic (exact) mass is 1150 g/mol. The topological polar surface area (TPSA) is 78.9 Å². The van der Waals surface area contributed by atoms with Gasteiger partial charge in [0.2, 0.25) is 0 Å². The van der Waals surface area contributed by atoms with Crippen molar-refractivity contribution < 1.29 is 28.6 Å². The highest BCUT2D eigenvalue weighted by Gasteiger charge is 2.19. The number of unbranched alkanes of at least 4 members (excludes halogenated alkanes) is 49. The van der Waals surface area contributed by atoms with E-state index in [2.05, 4.69) is 69.4 Å². The average molecular weight is 1150 g/mol. The number of ether oxygens (including phenoxy) is 3. The highest BCUT2D eigenvalue weighted by molar-refractivity contribution is 5.71. The summed E-state index contributed by atoms with van der Waals surface area (Å²) in [6.45, 7) is 6.66. The molecule has 82 heavy (non-hydrogen) atoms. The fourth-order valence-electron chi connectivity index (χ4n) is 11.0. The summed E-state index contributed by atoms with van der Waals surface area (Å²) in [6, 6.07) is 0. The van der Waals surface area contributed by atoms with Crippen LogP contribution in [0.15, 0.2) is 48.6 Å². The second-order valence-corrected chi connectivity index (χ2v) is 24.9. The molecular weight excluding hydrogens is 1010 g/mol. The zero-order chi connectivity index (χ0) is 59.2. The summed E-state index contributed by atoms with van der Waals surface area (Å²) in [4.78, 5) is 38.5. The van der Waals surface area contributed by atoms with Crippen LogP contribution in [0, 0.1) is 0 Å². The summed E-state index contributed by atoms with van der Waals surface area (Å²) in [5.41, 5.74) is 0. The summed E-state index contributed by atoms with van der Waals surface area (Å²) < 4.78 is 17.0. The summed E-state index contributed by atoms with van der Waals surface area (Å²) in [6.07, 6.45) is 90.1. The van der Waals surface area contributed by atoms with Gasteiger partial charge in [-0.1, -0.05) is 345 Å². The van der Waals surface area contributed by atoms with E-state index in [1.165, 1.54) is 276 Å². The summed E-state index contributed by atoms with van der Waals surface area (Å²) in [7, 11) is 0. The molecule has 0 saturated heterocycles. The first-order chi connectivity index (χ1) is 40.5. The van der Waals surface area contributed by atoms with E-state index in [1.54, 1.807) is 0 Å². The molecule has 0 heterocycles. The largest absolute Gasteiger partial charge is 0.462 e. The van der Waals surface area contributed by atoms with Gasteiger partial charge in [-0.25, -0.2) is 0 Å².